The van der Waals surface area contributed by atoms with Gasteiger partial charge in [-0.15, -0.1) is 11.3 Å². The number of benzene rings is 7. The minimum absolute atomic E-state index is 0.106. The van der Waals surface area contributed by atoms with Crippen LogP contribution in [0.1, 0.15) is 42.4 Å². The largest absolute Gasteiger partial charge is 0.456 e. The number of rotatable bonds is 10. The summed E-state index contributed by atoms with van der Waals surface area (Å²) in [5, 5.41) is 4.90. The third-order valence-corrected chi connectivity index (χ3v) is 13.6. The van der Waals surface area contributed by atoms with Gasteiger partial charge in [-0.1, -0.05) is 147 Å². The van der Waals surface area contributed by atoms with Crippen molar-refractivity contribution in [3.8, 4) is 0 Å². The van der Waals surface area contributed by atoms with E-state index in [4.69, 9.17) is 4.42 Å². The molecule has 7 aromatic carbocycles. The first-order chi connectivity index (χ1) is 30.1. The number of nitrogens with zero attached hydrogens (tertiary/aromatic N) is 2. The molecule has 9 aromatic rings. The molecule has 3 atom stereocenters. The van der Waals surface area contributed by atoms with Crippen molar-refractivity contribution >= 4 is 76.2 Å². The SMILES string of the molecule is CC1C=C(C(c2ccccc2)c2ccc3oc4cc(N(c5ccccc5)c5ccc6c(c5)sc5ccccc56)cc(CN(c5ccccc5)C5C=CC=CC5)c4c3c2)C=CC1. The minimum atomic E-state index is 0.106. The summed E-state index contributed by atoms with van der Waals surface area (Å²) in [6.07, 6.45) is 18.1. The fraction of sp³-hybridized carbons (Fsp3) is 0.123. The number of thiophene rings is 1. The molecule has 3 nitrogen and oxygen atoms in total. The van der Waals surface area contributed by atoms with Crippen LogP contribution in [0.25, 0.3) is 42.1 Å². The molecule has 0 saturated carbocycles. The Bertz CT molecular complexity index is 3150. The molecule has 2 heterocycles. The molecule has 2 aliphatic rings. The Labute approximate surface area is 361 Å². The van der Waals surface area contributed by atoms with Gasteiger partial charge in [0.1, 0.15) is 11.2 Å². The van der Waals surface area contributed by atoms with Crippen molar-refractivity contribution < 1.29 is 4.42 Å². The molecule has 0 saturated heterocycles. The highest BCUT2D eigenvalue weighted by atomic mass is 32.1. The van der Waals surface area contributed by atoms with Gasteiger partial charge in [-0.25, -0.2) is 0 Å². The lowest BCUT2D eigenvalue weighted by Crippen LogP contribution is -2.33. The molecule has 11 rings (SSSR count). The Morgan fingerprint density at radius 2 is 1.34 bits per heavy atom. The topological polar surface area (TPSA) is 19.6 Å². The minimum Gasteiger partial charge on any atom is -0.456 e. The van der Waals surface area contributed by atoms with E-state index in [9.17, 15) is 0 Å². The van der Waals surface area contributed by atoms with Gasteiger partial charge in [-0.3, -0.25) is 0 Å². The molecule has 0 fully saturated rings. The number of furan rings is 1. The van der Waals surface area contributed by atoms with Crippen LogP contribution < -0.4 is 9.80 Å². The van der Waals surface area contributed by atoms with Crippen molar-refractivity contribution in [2.24, 2.45) is 5.92 Å². The van der Waals surface area contributed by atoms with Crippen molar-refractivity contribution in [2.45, 2.75) is 38.3 Å². The summed E-state index contributed by atoms with van der Waals surface area (Å²) in [6, 6.07) is 60.1. The normalized spacial score (nSPS) is 16.7. The van der Waals surface area contributed by atoms with Crippen LogP contribution in [0, 0.1) is 5.92 Å². The van der Waals surface area contributed by atoms with E-state index in [1.807, 2.05) is 11.3 Å². The van der Waals surface area contributed by atoms with Gasteiger partial charge in [-0.05, 0) is 102 Å². The molecule has 0 radical (unpaired) electrons. The van der Waals surface area contributed by atoms with Crippen LogP contribution in [0.4, 0.5) is 22.7 Å². The Balaban J connectivity index is 1.13. The number of para-hydroxylation sites is 2. The molecular formula is C57H46N2OS. The number of allylic oxidation sites excluding steroid dienone is 6. The van der Waals surface area contributed by atoms with Gasteiger partial charge < -0.3 is 14.2 Å². The maximum absolute atomic E-state index is 7.00. The van der Waals surface area contributed by atoms with Crippen molar-refractivity contribution in [1.82, 2.24) is 0 Å². The van der Waals surface area contributed by atoms with E-state index in [1.54, 1.807) is 0 Å². The van der Waals surface area contributed by atoms with Crippen LogP contribution >= 0.6 is 11.3 Å². The second-order valence-corrected chi connectivity index (χ2v) is 17.6. The summed E-state index contributed by atoms with van der Waals surface area (Å²) in [5.41, 5.74) is 11.4. The molecule has 0 bridgehead atoms. The average molecular weight is 807 g/mol. The summed E-state index contributed by atoms with van der Waals surface area (Å²) in [4.78, 5) is 4.96. The fourth-order valence-corrected chi connectivity index (χ4v) is 10.7. The van der Waals surface area contributed by atoms with Crippen LogP contribution in [0.2, 0.25) is 0 Å². The standard InChI is InChI=1S/C57H46N2OS/c1-39-17-16-20-41(33-39)56(40-18-6-2-7-19-40)42-29-32-52-51(35-42)57-43(38-58(44-21-8-3-9-22-44)45-23-10-4-11-24-45)34-48(36-53(57)60-52)59(46-25-12-5-13-26-46)47-30-31-50-49-27-14-15-28-54(49)61-55(50)37-47/h2-16,18-23,25-37,39,45,56H,17,24,38H2,1H3. The van der Waals surface area contributed by atoms with Crippen LogP contribution in [0.15, 0.2) is 216 Å². The van der Waals surface area contributed by atoms with Gasteiger partial charge in [0.05, 0.1) is 11.7 Å². The van der Waals surface area contributed by atoms with Gasteiger partial charge in [-0.2, -0.15) is 0 Å². The van der Waals surface area contributed by atoms with Crippen LogP contribution in [0.3, 0.4) is 0 Å². The van der Waals surface area contributed by atoms with E-state index >= 15 is 0 Å². The number of hydrogen-bond acceptors (Lipinski definition) is 4. The van der Waals surface area contributed by atoms with Gasteiger partial charge in [0.2, 0.25) is 0 Å². The molecule has 296 valence electrons. The van der Waals surface area contributed by atoms with Crippen LogP contribution in [-0.4, -0.2) is 6.04 Å². The zero-order valence-corrected chi connectivity index (χ0v) is 35.0. The predicted molar refractivity (Wildman–Crippen MR) is 260 cm³/mol. The fourth-order valence-electron chi connectivity index (χ4n) is 9.59. The maximum atomic E-state index is 7.00. The van der Waals surface area contributed by atoms with Crippen molar-refractivity contribution in [2.75, 3.05) is 9.80 Å². The molecule has 4 heteroatoms. The van der Waals surface area contributed by atoms with E-state index in [-0.39, 0.29) is 12.0 Å². The molecule has 2 aromatic heterocycles. The zero-order chi connectivity index (χ0) is 40.7. The molecular weight excluding hydrogens is 761 g/mol. The van der Waals surface area contributed by atoms with Crippen molar-refractivity contribution in [1.29, 1.82) is 0 Å². The Kier molecular flexibility index (Phi) is 9.71. The summed E-state index contributed by atoms with van der Waals surface area (Å²) in [7, 11) is 0. The summed E-state index contributed by atoms with van der Waals surface area (Å²) < 4.78 is 9.58. The molecule has 61 heavy (non-hydrogen) atoms. The Morgan fingerprint density at radius 3 is 2.13 bits per heavy atom. The monoisotopic (exact) mass is 806 g/mol. The number of fused-ring (bicyclic) bond motifs is 6. The third-order valence-electron chi connectivity index (χ3n) is 12.4. The summed E-state index contributed by atoms with van der Waals surface area (Å²) in [5.74, 6) is 0.601. The van der Waals surface area contributed by atoms with E-state index in [0.29, 0.717) is 12.5 Å². The molecule has 2 aliphatic carbocycles. The molecule has 0 N–H and O–H groups in total. The maximum Gasteiger partial charge on any atom is 0.137 e. The molecule has 0 amide bonds. The first kappa shape index (κ1) is 37.1. The first-order valence-corrected chi connectivity index (χ1v) is 22.3. The van der Waals surface area contributed by atoms with E-state index < -0.39 is 0 Å². The van der Waals surface area contributed by atoms with Crippen LogP contribution in [-0.2, 0) is 6.54 Å². The third kappa shape index (κ3) is 7.07. The van der Waals surface area contributed by atoms with E-state index in [1.165, 1.54) is 48.1 Å². The second-order valence-electron chi connectivity index (χ2n) is 16.5. The van der Waals surface area contributed by atoms with Crippen LogP contribution in [0.5, 0.6) is 0 Å². The Hall–Kier alpha value is -6.88. The average Bonchev–Trinajstić information content (AvgIpc) is 3.87. The highest BCUT2D eigenvalue weighted by Crippen LogP contribution is 2.45. The zero-order valence-electron chi connectivity index (χ0n) is 34.2. The lowest BCUT2D eigenvalue weighted by atomic mass is 9.80. The molecule has 0 aliphatic heterocycles. The quantitative estimate of drug-likeness (QED) is 0.137. The first-order valence-electron chi connectivity index (χ1n) is 21.5. The molecule has 0 spiro atoms. The van der Waals surface area contributed by atoms with Gasteiger partial charge in [0.15, 0.2) is 0 Å². The number of hydrogen-bond donors (Lipinski definition) is 0. The van der Waals surface area contributed by atoms with Gasteiger partial charge in [0, 0.05) is 66.5 Å². The predicted octanol–water partition coefficient (Wildman–Crippen LogP) is 16.0. The smallest absolute Gasteiger partial charge is 0.137 e. The summed E-state index contributed by atoms with van der Waals surface area (Å²) in [6.45, 7) is 3.01. The van der Waals surface area contributed by atoms with Gasteiger partial charge >= 0.3 is 0 Å². The summed E-state index contributed by atoms with van der Waals surface area (Å²) >= 11 is 1.85. The number of anilines is 4. The Morgan fingerprint density at radius 1 is 0.590 bits per heavy atom. The second kappa shape index (κ2) is 15.9. The highest BCUT2D eigenvalue weighted by molar-refractivity contribution is 7.25. The van der Waals surface area contributed by atoms with E-state index in [0.717, 1.165) is 51.8 Å². The van der Waals surface area contributed by atoms with E-state index in [2.05, 4.69) is 223 Å². The van der Waals surface area contributed by atoms with Crippen molar-refractivity contribution in [3.05, 3.63) is 229 Å². The molecule has 3 unspecified atom stereocenters. The highest BCUT2D eigenvalue weighted by Gasteiger charge is 2.26. The van der Waals surface area contributed by atoms with Gasteiger partial charge in [0.25, 0.3) is 0 Å². The lowest BCUT2D eigenvalue weighted by molar-refractivity contribution is 0.666. The van der Waals surface area contributed by atoms with Crippen molar-refractivity contribution in [3.63, 3.8) is 0 Å². The lowest BCUT2D eigenvalue weighted by Gasteiger charge is -2.33.